The summed E-state index contributed by atoms with van der Waals surface area (Å²) in [5.41, 5.74) is 9.37. The van der Waals surface area contributed by atoms with Gasteiger partial charge in [0.1, 0.15) is 5.82 Å². The molecule has 4 aromatic rings. The predicted octanol–water partition coefficient (Wildman–Crippen LogP) is 5.36. The van der Waals surface area contributed by atoms with Gasteiger partial charge in [-0.1, -0.05) is 19.6 Å². The lowest BCUT2D eigenvalue weighted by Crippen LogP contribution is -2.52. The first-order valence-corrected chi connectivity index (χ1v) is 16.2. The summed E-state index contributed by atoms with van der Waals surface area (Å²) >= 11 is 0. The molecular formula is C35H46N10. The van der Waals surface area contributed by atoms with Crippen molar-refractivity contribution >= 4 is 45.9 Å². The van der Waals surface area contributed by atoms with E-state index in [1.807, 2.05) is 19.2 Å². The van der Waals surface area contributed by atoms with Crippen molar-refractivity contribution in [2.24, 2.45) is 0 Å². The normalized spacial score (nSPS) is 16.7. The molecule has 2 aromatic carbocycles. The minimum absolute atomic E-state index is 0.532. The van der Waals surface area contributed by atoms with Gasteiger partial charge >= 0.3 is 0 Å². The van der Waals surface area contributed by atoms with Gasteiger partial charge in [-0.25, -0.2) is 4.98 Å². The highest BCUT2D eigenvalue weighted by Crippen LogP contribution is 2.33. The summed E-state index contributed by atoms with van der Waals surface area (Å²) in [5, 5.41) is 10.3. The minimum Gasteiger partial charge on any atom is -0.371 e. The van der Waals surface area contributed by atoms with Gasteiger partial charge in [-0.05, 0) is 75.7 Å². The van der Waals surface area contributed by atoms with Crippen LogP contribution in [0.25, 0.3) is 17.1 Å². The average molecular weight is 607 g/mol. The standard InChI is InChI=1S/C35H46N10/c1-6-25-21-31(24(3)20-32(25)45-14-10-27(11-15-45)44-18-16-43(5)17-19-44)41-35-39-22-26(7-2)34(42-35)40-29-8-9-30-33(28(29)23-36-4)38-13-12-37-30/h7-9,12-13,20-22,27,36H,2,6,10-11,14-19,23H2,1,3-5H3,(H2,39,40,41,42). The van der Waals surface area contributed by atoms with Gasteiger partial charge in [-0.2, -0.15) is 4.98 Å². The summed E-state index contributed by atoms with van der Waals surface area (Å²) in [4.78, 5) is 26.4. The number of likely N-dealkylation sites (N-methyl/N-ethyl adjacent to an activating group) is 1. The maximum absolute atomic E-state index is 4.90. The Labute approximate surface area is 267 Å². The molecule has 0 bridgehead atoms. The van der Waals surface area contributed by atoms with E-state index in [4.69, 9.17) is 4.98 Å². The zero-order chi connectivity index (χ0) is 31.3. The Morgan fingerprint density at radius 2 is 1.73 bits per heavy atom. The summed E-state index contributed by atoms with van der Waals surface area (Å²) in [5.74, 6) is 1.21. The third-order valence-corrected chi connectivity index (χ3v) is 9.30. The van der Waals surface area contributed by atoms with Crippen LogP contribution in [0.15, 0.2) is 49.4 Å². The summed E-state index contributed by atoms with van der Waals surface area (Å²) < 4.78 is 0. The van der Waals surface area contributed by atoms with Crippen molar-refractivity contribution < 1.29 is 0 Å². The number of hydrogen-bond acceptors (Lipinski definition) is 10. The number of hydrogen-bond donors (Lipinski definition) is 3. The van der Waals surface area contributed by atoms with Gasteiger partial charge in [0.2, 0.25) is 5.95 Å². The van der Waals surface area contributed by atoms with Crippen LogP contribution in [-0.2, 0) is 13.0 Å². The second-order valence-corrected chi connectivity index (χ2v) is 12.2. The maximum atomic E-state index is 4.90. The van der Waals surface area contributed by atoms with Crippen molar-refractivity contribution in [3.63, 3.8) is 0 Å². The van der Waals surface area contributed by atoms with E-state index < -0.39 is 0 Å². The van der Waals surface area contributed by atoms with E-state index in [0.717, 1.165) is 53.0 Å². The Balaban J connectivity index is 1.20. The summed E-state index contributed by atoms with van der Waals surface area (Å²) in [7, 11) is 4.16. The van der Waals surface area contributed by atoms with Crippen molar-refractivity contribution in [2.45, 2.75) is 45.7 Å². The fourth-order valence-corrected chi connectivity index (χ4v) is 6.62. The molecule has 4 heterocycles. The van der Waals surface area contributed by atoms with E-state index in [1.165, 1.54) is 55.8 Å². The Bertz CT molecular complexity index is 1640. The van der Waals surface area contributed by atoms with Crippen molar-refractivity contribution in [1.29, 1.82) is 0 Å². The quantitative estimate of drug-likeness (QED) is 0.219. The van der Waals surface area contributed by atoms with Crippen LogP contribution in [0.4, 0.5) is 28.8 Å². The molecule has 0 atom stereocenters. The number of fused-ring (bicyclic) bond motifs is 1. The second-order valence-electron chi connectivity index (χ2n) is 12.2. The molecule has 2 fully saturated rings. The second kappa shape index (κ2) is 13.9. The number of aryl methyl sites for hydroxylation is 2. The van der Waals surface area contributed by atoms with E-state index in [0.29, 0.717) is 24.4 Å². The van der Waals surface area contributed by atoms with Crippen LogP contribution in [0.3, 0.4) is 0 Å². The smallest absolute Gasteiger partial charge is 0.229 e. The van der Waals surface area contributed by atoms with Crippen LogP contribution in [-0.4, -0.2) is 89.1 Å². The van der Waals surface area contributed by atoms with E-state index in [-0.39, 0.29) is 0 Å². The average Bonchev–Trinajstić information content (AvgIpc) is 3.07. The molecule has 10 heteroatoms. The van der Waals surface area contributed by atoms with Crippen LogP contribution in [0, 0.1) is 6.92 Å². The van der Waals surface area contributed by atoms with Crippen LogP contribution in [0.5, 0.6) is 0 Å². The van der Waals surface area contributed by atoms with Crippen molar-refractivity contribution in [2.75, 3.05) is 68.9 Å². The highest BCUT2D eigenvalue weighted by molar-refractivity contribution is 5.85. The van der Waals surface area contributed by atoms with E-state index >= 15 is 0 Å². The monoisotopic (exact) mass is 606 g/mol. The van der Waals surface area contributed by atoms with Gasteiger partial charge in [0, 0.05) is 98.6 Å². The zero-order valence-electron chi connectivity index (χ0n) is 27.1. The molecule has 6 rings (SSSR count). The summed E-state index contributed by atoms with van der Waals surface area (Å²) in [6.45, 7) is 16.0. The largest absolute Gasteiger partial charge is 0.371 e. The van der Waals surface area contributed by atoms with Crippen LogP contribution in [0.1, 0.15) is 42.0 Å². The highest BCUT2D eigenvalue weighted by atomic mass is 15.3. The van der Waals surface area contributed by atoms with Crippen molar-refractivity contribution in [1.82, 2.24) is 35.1 Å². The third-order valence-electron chi connectivity index (χ3n) is 9.30. The van der Waals surface area contributed by atoms with Gasteiger partial charge in [0.15, 0.2) is 0 Å². The molecule has 0 unspecified atom stereocenters. The molecule has 0 aliphatic carbocycles. The summed E-state index contributed by atoms with van der Waals surface area (Å²) in [6.07, 6.45) is 10.4. The lowest BCUT2D eigenvalue weighted by atomic mass is 9.98. The molecule has 0 saturated carbocycles. The van der Waals surface area contributed by atoms with Crippen LogP contribution < -0.4 is 20.9 Å². The minimum atomic E-state index is 0.532. The molecular weight excluding hydrogens is 560 g/mol. The number of anilines is 5. The molecule has 2 aliphatic rings. The Hall–Kier alpha value is -4.12. The maximum Gasteiger partial charge on any atom is 0.229 e. The molecule has 0 radical (unpaired) electrons. The molecule has 2 aliphatic heterocycles. The first-order valence-electron chi connectivity index (χ1n) is 16.2. The molecule has 45 heavy (non-hydrogen) atoms. The van der Waals surface area contributed by atoms with Crippen LogP contribution in [0.2, 0.25) is 0 Å². The molecule has 0 spiro atoms. The molecule has 236 valence electrons. The van der Waals surface area contributed by atoms with E-state index in [1.54, 1.807) is 24.7 Å². The zero-order valence-corrected chi connectivity index (χ0v) is 27.1. The van der Waals surface area contributed by atoms with Gasteiger partial charge in [-0.3, -0.25) is 14.9 Å². The van der Waals surface area contributed by atoms with Gasteiger partial charge in [0.25, 0.3) is 0 Å². The number of nitrogens with zero attached hydrogens (tertiary/aromatic N) is 7. The fraction of sp³-hybridized carbons (Fsp3) is 0.429. The third kappa shape index (κ3) is 6.78. The number of aromatic nitrogens is 4. The van der Waals surface area contributed by atoms with Gasteiger partial charge < -0.3 is 25.8 Å². The van der Waals surface area contributed by atoms with Crippen molar-refractivity contribution in [3.05, 3.63) is 71.7 Å². The molecule has 10 nitrogen and oxygen atoms in total. The first-order chi connectivity index (χ1) is 22.0. The van der Waals surface area contributed by atoms with Gasteiger partial charge in [0.05, 0.1) is 11.0 Å². The Kier molecular flexibility index (Phi) is 9.53. The number of rotatable bonds is 10. The lowest BCUT2D eigenvalue weighted by molar-refractivity contribution is 0.0982. The Morgan fingerprint density at radius 3 is 2.47 bits per heavy atom. The molecule has 2 saturated heterocycles. The Morgan fingerprint density at radius 1 is 0.956 bits per heavy atom. The van der Waals surface area contributed by atoms with Crippen molar-refractivity contribution in [3.8, 4) is 0 Å². The lowest BCUT2D eigenvalue weighted by Gasteiger charge is -2.43. The molecule has 2 aromatic heterocycles. The predicted molar refractivity (Wildman–Crippen MR) is 186 cm³/mol. The van der Waals surface area contributed by atoms with Crippen LogP contribution >= 0.6 is 0 Å². The topological polar surface area (TPSA) is 97.4 Å². The fourth-order valence-electron chi connectivity index (χ4n) is 6.62. The molecule has 0 amide bonds. The number of piperidine rings is 1. The highest BCUT2D eigenvalue weighted by Gasteiger charge is 2.27. The summed E-state index contributed by atoms with van der Waals surface area (Å²) in [6, 6.07) is 9.33. The SMILES string of the molecule is C=Cc1cnc(Nc2cc(CC)c(N3CCC(N4CCN(C)CC4)CC3)cc2C)nc1Nc1ccc2nccnc2c1CNC. The van der Waals surface area contributed by atoms with Gasteiger partial charge in [-0.15, -0.1) is 0 Å². The first kappa shape index (κ1) is 30.9. The van der Waals surface area contributed by atoms with E-state index in [2.05, 4.69) is 85.2 Å². The number of benzene rings is 2. The number of nitrogens with one attached hydrogen (secondary N) is 3. The van der Waals surface area contributed by atoms with E-state index in [9.17, 15) is 0 Å². The number of piperazine rings is 1. The molecule has 3 N–H and O–H groups in total.